The van der Waals surface area contributed by atoms with Gasteiger partial charge >= 0.3 is 6.18 Å². The van der Waals surface area contributed by atoms with Crippen molar-refractivity contribution in [1.82, 2.24) is 4.72 Å². The molecule has 0 unspecified atom stereocenters. The number of hydrogen-bond acceptors (Lipinski definition) is 6. The number of nitriles is 1. The number of ether oxygens (including phenoxy) is 2. The summed E-state index contributed by atoms with van der Waals surface area (Å²) in [6, 6.07) is 4.11. The number of benzene rings is 1. The maximum Gasteiger partial charge on any atom is 0.417 e. The Morgan fingerprint density at radius 3 is 2.73 bits per heavy atom. The molecule has 178 valence electrons. The van der Waals surface area contributed by atoms with Gasteiger partial charge in [0.1, 0.15) is 6.23 Å². The topological polar surface area (TPSA) is 109 Å². The van der Waals surface area contributed by atoms with E-state index in [0.29, 0.717) is 6.42 Å². The number of fused-ring (bicyclic) bond motifs is 2. The molecule has 1 amide bonds. The first-order valence-electron chi connectivity index (χ1n) is 10.6. The van der Waals surface area contributed by atoms with Gasteiger partial charge in [-0.25, -0.2) is 13.1 Å². The molecule has 1 N–H and O–H groups in total. The first-order valence-corrected chi connectivity index (χ1v) is 12.3. The molecule has 1 aromatic carbocycles. The second-order valence-corrected chi connectivity index (χ2v) is 11.3. The third kappa shape index (κ3) is 3.06. The van der Waals surface area contributed by atoms with Crippen LogP contribution in [-0.2, 0) is 30.5 Å². The standard InChI is InChI=1S/C21H22F3N3O5S/c1-3-33(29,30)26-14-9-19(2)15-16-18(31-7-6-20(14,16)32-19)27(17(15)28)12-5-4-11(10-25)13(8-12)21(22,23)24/h4-5,8,14-16,18,26H,3,6-7,9H2,1-2H3/t14-,15+,16-,18-,19+,20-/m0/s1. The van der Waals surface area contributed by atoms with Gasteiger partial charge in [-0.15, -0.1) is 0 Å². The van der Waals surface area contributed by atoms with Gasteiger partial charge in [-0.1, -0.05) is 0 Å². The molecule has 4 aliphatic heterocycles. The zero-order valence-corrected chi connectivity index (χ0v) is 18.7. The highest BCUT2D eigenvalue weighted by Crippen LogP contribution is 2.65. The van der Waals surface area contributed by atoms with Gasteiger partial charge in [0.25, 0.3) is 0 Å². The summed E-state index contributed by atoms with van der Waals surface area (Å²) in [5, 5.41) is 9.09. The van der Waals surface area contributed by atoms with Crippen molar-refractivity contribution in [2.75, 3.05) is 17.3 Å². The normalized spacial score (nSPS) is 37.3. The van der Waals surface area contributed by atoms with Crippen molar-refractivity contribution in [2.24, 2.45) is 11.8 Å². The fourth-order valence-electron chi connectivity index (χ4n) is 6.17. The van der Waals surface area contributed by atoms with Crippen LogP contribution < -0.4 is 9.62 Å². The lowest BCUT2D eigenvalue weighted by Gasteiger charge is -2.45. The minimum Gasteiger partial charge on any atom is -0.366 e. The molecule has 12 heteroatoms. The molecule has 2 bridgehead atoms. The van der Waals surface area contributed by atoms with Gasteiger partial charge < -0.3 is 9.47 Å². The maximum atomic E-state index is 13.6. The maximum absolute atomic E-state index is 13.6. The lowest BCUT2D eigenvalue weighted by Crippen LogP contribution is -2.61. The van der Waals surface area contributed by atoms with Gasteiger partial charge in [0.2, 0.25) is 15.9 Å². The van der Waals surface area contributed by atoms with E-state index >= 15 is 0 Å². The summed E-state index contributed by atoms with van der Waals surface area (Å²) in [6.07, 6.45) is -5.03. The van der Waals surface area contributed by atoms with E-state index in [1.165, 1.54) is 24.0 Å². The molecular formula is C21H22F3N3O5S. The number of amides is 1. The molecule has 8 nitrogen and oxygen atoms in total. The molecule has 0 aromatic heterocycles. The Hall–Kier alpha value is -2.20. The highest BCUT2D eigenvalue weighted by Gasteiger charge is 2.78. The molecule has 33 heavy (non-hydrogen) atoms. The minimum absolute atomic E-state index is 0.0172. The van der Waals surface area contributed by atoms with E-state index in [2.05, 4.69) is 4.72 Å². The van der Waals surface area contributed by atoms with E-state index in [1.807, 2.05) is 0 Å². The van der Waals surface area contributed by atoms with E-state index in [4.69, 9.17) is 14.7 Å². The Bertz CT molecular complexity index is 1180. The Balaban J connectivity index is 1.58. The number of rotatable bonds is 4. The average Bonchev–Trinajstić information content (AvgIpc) is 3.30. The number of halogens is 3. The van der Waals surface area contributed by atoms with Crippen LogP contribution in [0.4, 0.5) is 18.9 Å². The van der Waals surface area contributed by atoms with E-state index in [1.54, 1.807) is 6.92 Å². The summed E-state index contributed by atoms with van der Waals surface area (Å²) in [4.78, 5) is 14.8. The van der Waals surface area contributed by atoms with Crippen molar-refractivity contribution in [3.8, 4) is 6.07 Å². The summed E-state index contributed by atoms with van der Waals surface area (Å²) in [6.45, 7) is 3.42. The Morgan fingerprint density at radius 1 is 1.36 bits per heavy atom. The van der Waals surface area contributed by atoms with Crippen molar-refractivity contribution < 1.29 is 35.9 Å². The fourth-order valence-corrected chi connectivity index (χ4v) is 7.06. The van der Waals surface area contributed by atoms with Crippen LogP contribution in [0.15, 0.2) is 18.2 Å². The summed E-state index contributed by atoms with van der Waals surface area (Å²) in [5.74, 6) is -1.77. The van der Waals surface area contributed by atoms with Crippen LogP contribution in [0.3, 0.4) is 0 Å². The van der Waals surface area contributed by atoms with Crippen molar-refractivity contribution in [3.05, 3.63) is 29.3 Å². The van der Waals surface area contributed by atoms with E-state index < -0.39 is 68.5 Å². The SMILES string of the molecule is CCS(=O)(=O)N[C@H]1C[C@@]2(C)O[C@@]13CCO[C@H]1[C@@H]3[C@@H]2C(=O)N1c1ccc(C#N)c(C(F)(F)F)c1. The van der Waals surface area contributed by atoms with Crippen LogP contribution in [0, 0.1) is 23.2 Å². The van der Waals surface area contributed by atoms with Gasteiger partial charge in [-0.05, 0) is 38.5 Å². The fraction of sp³-hybridized carbons (Fsp3) is 0.619. The molecular weight excluding hydrogens is 463 g/mol. The molecule has 6 atom stereocenters. The van der Waals surface area contributed by atoms with Crippen molar-refractivity contribution in [1.29, 1.82) is 5.26 Å². The number of hydrogen-bond donors (Lipinski definition) is 1. The van der Waals surface area contributed by atoms with Gasteiger partial charge in [-0.2, -0.15) is 18.4 Å². The largest absolute Gasteiger partial charge is 0.417 e. The van der Waals surface area contributed by atoms with Gasteiger partial charge in [0.05, 0.1) is 52.7 Å². The molecule has 4 heterocycles. The number of carbonyl (C=O) groups is 1. The van der Waals surface area contributed by atoms with Crippen LogP contribution in [-0.4, -0.2) is 50.2 Å². The zero-order chi connectivity index (χ0) is 24.0. The predicted octanol–water partition coefficient (Wildman–Crippen LogP) is 2.14. The highest BCUT2D eigenvalue weighted by molar-refractivity contribution is 7.89. The smallest absolute Gasteiger partial charge is 0.366 e. The third-order valence-corrected chi connectivity index (χ3v) is 8.86. The number of carbonyl (C=O) groups excluding carboxylic acids is 1. The molecule has 0 saturated carbocycles. The Morgan fingerprint density at radius 2 is 2.09 bits per heavy atom. The molecule has 4 aliphatic rings. The lowest BCUT2D eigenvalue weighted by atomic mass is 9.64. The first-order chi connectivity index (χ1) is 15.4. The molecule has 5 rings (SSSR count). The molecule has 1 spiro atoms. The monoisotopic (exact) mass is 485 g/mol. The minimum atomic E-state index is -4.77. The van der Waals surface area contributed by atoms with E-state index in [-0.39, 0.29) is 24.5 Å². The second kappa shape index (κ2) is 6.91. The number of nitrogens with zero attached hydrogens (tertiary/aromatic N) is 2. The zero-order valence-electron chi connectivity index (χ0n) is 17.8. The molecule has 4 saturated heterocycles. The van der Waals surface area contributed by atoms with Crippen LogP contribution in [0.2, 0.25) is 0 Å². The molecule has 4 fully saturated rings. The molecule has 1 aromatic rings. The first kappa shape index (κ1) is 22.6. The van der Waals surface area contributed by atoms with Crippen LogP contribution in [0.25, 0.3) is 0 Å². The molecule has 0 radical (unpaired) electrons. The summed E-state index contributed by atoms with van der Waals surface area (Å²) >= 11 is 0. The quantitative estimate of drug-likeness (QED) is 0.700. The number of anilines is 1. The molecule has 0 aliphatic carbocycles. The van der Waals surface area contributed by atoms with Crippen molar-refractivity contribution in [3.63, 3.8) is 0 Å². The van der Waals surface area contributed by atoms with Crippen LogP contribution in [0.1, 0.15) is 37.8 Å². The predicted molar refractivity (Wildman–Crippen MR) is 108 cm³/mol. The Labute approximate surface area is 188 Å². The summed E-state index contributed by atoms with van der Waals surface area (Å²) in [7, 11) is -3.56. The summed E-state index contributed by atoms with van der Waals surface area (Å²) in [5.41, 5.74) is -3.66. The van der Waals surface area contributed by atoms with Crippen molar-refractivity contribution in [2.45, 2.75) is 56.3 Å². The van der Waals surface area contributed by atoms with E-state index in [9.17, 15) is 26.4 Å². The van der Waals surface area contributed by atoms with Crippen molar-refractivity contribution >= 4 is 21.6 Å². The number of nitrogens with one attached hydrogen (secondary N) is 1. The van der Waals surface area contributed by atoms with Crippen LogP contribution in [0.5, 0.6) is 0 Å². The van der Waals surface area contributed by atoms with E-state index in [0.717, 1.165) is 12.1 Å². The van der Waals surface area contributed by atoms with Gasteiger partial charge in [0.15, 0.2) is 0 Å². The lowest BCUT2D eigenvalue weighted by molar-refractivity contribution is -0.143. The van der Waals surface area contributed by atoms with Gasteiger partial charge in [-0.3, -0.25) is 9.69 Å². The Kier molecular flexibility index (Phi) is 4.73. The van der Waals surface area contributed by atoms with Gasteiger partial charge in [0, 0.05) is 18.0 Å². The number of sulfonamides is 1. The average molecular weight is 485 g/mol. The van der Waals surface area contributed by atoms with Crippen LogP contribution >= 0.6 is 0 Å². The second-order valence-electron chi connectivity index (χ2n) is 9.21. The third-order valence-electron chi connectivity index (χ3n) is 7.46. The summed E-state index contributed by atoms with van der Waals surface area (Å²) < 4.78 is 80.3. The highest BCUT2D eigenvalue weighted by atomic mass is 32.2. The number of alkyl halides is 3.